The third-order valence-corrected chi connectivity index (χ3v) is 7.77. The summed E-state index contributed by atoms with van der Waals surface area (Å²) < 4.78 is 0. The summed E-state index contributed by atoms with van der Waals surface area (Å²) >= 11 is 0. The number of aryl methyl sites for hydroxylation is 1. The van der Waals surface area contributed by atoms with Crippen LogP contribution in [0.2, 0.25) is 0 Å². The lowest BCUT2D eigenvalue weighted by atomic mass is 9.69. The van der Waals surface area contributed by atoms with Gasteiger partial charge in [0.25, 0.3) is 0 Å². The number of hydrogen-bond acceptors (Lipinski definition) is 6. The number of hydrogen-bond donors (Lipinski definition) is 2. The van der Waals surface area contributed by atoms with E-state index in [0.717, 1.165) is 54.7 Å². The molecular formula is C27H33N5O. The summed E-state index contributed by atoms with van der Waals surface area (Å²) in [5, 5.41) is 14.5. The Kier molecular flexibility index (Phi) is 5.69. The van der Waals surface area contributed by atoms with Crippen LogP contribution >= 0.6 is 0 Å². The number of pyridine rings is 2. The summed E-state index contributed by atoms with van der Waals surface area (Å²) in [6.07, 6.45) is 8.87. The first kappa shape index (κ1) is 22.0. The van der Waals surface area contributed by atoms with Gasteiger partial charge in [-0.2, -0.15) is 0 Å². The number of aliphatic hydroxyl groups is 1. The van der Waals surface area contributed by atoms with E-state index in [-0.39, 0.29) is 11.1 Å². The maximum atomic E-state index is 11.0. The predicted molar refractivity (Wildman–Crippen MR) is 132 cm³/mol. The van der Waals surface area contributed by atoms with Gasteiger partial charge in [0.1, 0.15) is 0 Å². The maximum Gasteiger partial charge on any atom is 0.184 e. The highest BCUT2D eigenvalue weighted by atomic mass is 16.3. The second-order valence-corrected chi connectivity index (χ2v) is 9.81. The molecule has 172 valence electrons. The van der Waals surface area contributed by atoms with Crippen LogP contribution in [-0.4, -0.2) is 52.5 Å². The molecule has 6 heteroatoms. The van der Waals surface area contributed by atoms with Crippen LogP contribution in [0.4, 0.5) is 5.69 Å². The SMILES string of the molecule is Cc1cc(-c2ccncc2)ncc1N1C[C@]2(CC[C@](c3ccccc3)(N(C)C)CC2)NC1O. The lowest BCUT2D eigenvalue weighted by Crippen LogP contribution is -2.54. The van der Waals surface area contributed by atoms with Crippen molar-refractivity contribution in [3.63, 3.8) is 0 Å². The third-order valence-electron chi connectivity index (χ3n) is 7.77. The molecule has 1 saturated carbocycles. The normalized spacial score (nSPS) is 27.4. The Labute approximate surface area is 196 Å². The number of nitrogens with one attached hydrogen (secondary N) is 1. The van der Waals surface area contributed by atoms with Crippen LogP contribution < -0.4 is 10.2 Å². The average molecular weight is 444 g/mol. The first-order chi connectivity index (χ1) is 15.9. The summed E-state index contributed by atoms with van der Waals surface area (Å²) in [5.41, 5.74) is 5.39. The van der Waals surface area contributed by atoms with Crippen molar-refractivity contribution in [2.45, 2.75) is 50.0 Å². The molecule has 0 radical (unpaired) electrons. The number of anilines is 1. The molecule has 0 bridgehead atoms. The minimum atomic E-state index is -0.708. The van der Waals surface area contributed by atoms with Crippen LogP contribution in [0.1, 0.15) is 36.8 Å². The largest absolute Gasteiger partial charge is 0.361 e. The van der Waals surface area contributed by atoms with E-state index >= 15 is 0 Å². The Morgan fingerprint density at radius 1 is 1.03 bits per heavy atom. The minimum Gasteiger partial charge on any atom is -0.361 e. The fraction of sp³-hybridized carbons (Fsp3) is 0.407. The van der Waals surface area contributed by atoms with E-state index in [9.17, 15) is 5.11 Å². The molecule has 3 heterocycles. The zero-order valence-corrected chi connectivity index (χ0v) is 19.7. The van der Waals surface area contributed by atoms with Crippen molar-refractivity contribution in [3.8, 4) is 11.3 Å². The topological polar surface area (TPSA) is 64.5 Å². The molecule has 1 saturated heterocycles. The molecule has 5 rings (SSSR count). The highest BCUT2D eigenvalue weighted by Crippen LogP contribution is 2.46. The fourth-order valence-corrected chi connectivity index (χ4v) is 5.74. The first-order valence-corrected chi connectivity index (χ1v) is 11.7. The molecular weight excluding hydrogens is 410 g/mol. The van der Waals surface area contributed by atoms with E-state index in [1.54, 1.807) is 12.4 Å². The Hall–Kier alpha value is -2.80. The lowest BCUT2D eigenvalue weighted by molar-refractivity contribution is 0.0513. The Morgan fingerprint density at radius 3 is 2.36 bits per heavy atom. The van der Waals surface area contributed by atoms with E-state index in [0.29, 0.717) is 0 Å². The molecule has 33 heavy (non-hydrogen) atoms. The second kappa shape index (κ2) is 8.52. The van der Waals surface area contributed by atoms with Crippen molar-refractivity contribution in [2.75, 3.05) is 25.5 Å². The molecule has 3 aromatic rings. The zero-order valence-electron chi connectivity index (χ0n) is 19.7. The van der Waals surface area contributed by atoms with Crippen LogP contribution in [0.5, 0.6) is 0 Å². The molecule has 1 spiro atoms. The number of rotatable bonds is 4. The fourth-order valence-electron chi connectivity index (χ4n) is 5.74. The number of aliphatic hydroxyl groups excluding tert-OH is 1. The summed E-state index contributed by atoms with van der Waals surface area (Å²) in [5.74, 6) is 0. The van der Waals surface area contributed by atoms with Crippen LogP contribution in [-0.2, 0) is 5.54 Å². The van der Waals surface area contributed by atoms with Gasteiger partial charge in [-0.1, -0.05) is 30.3 Å². The number of aromatic nitrogens is 2. The lowest BCUT2D eigenvalue weighted by Gasteiger charge is -2.49. The highest BCUT2D eigenvalue weighted by molar-refractivity contribution is 5.64. The minimum absolute atomic E-state index is 0.0379. The van der Waals surface area contributed by atoms with Crippen LogP contribution in [0.3, 0.4) is 0 Å². The van der Waals surface area contributed by atoms with Gasteiger partial charge in [-0.15, -0.1) is 0 Å². The zero-order chi connectivity index (χ0) is 23.1. The van der Waals surface area contributed by atoms with Crippen molar-refractivity contribution in [3.05, 3.63) is 78.2 Å². The average Bonchev–Trinajstić information content (AvgIpc) is 3.16. The van der Waals surface area contributed by atoms with Gasteiger partial charge in [0.05, 0.1) is 17.6 Å². The van der Waals surface area contributed by atoms with Crippen LogP contribution in [0.25, 0.3) is 11.3 Å². The van der Waals surface area contributed by atoms with Gasteiger partial charge >= 0.3 is 0 Å². The number of benzene rings is 1. The van der Waals surface area contributed by atoms with Crippen LogP contribution in [0.15, 0.2) is 67.1 Å². The second-order valence-electron chi connectivity index (χ2n) is 9.81. The summed E-state index contributed by atoms with van der Waals surface area (Å²) in [6, 6.07) is 16.9. The summed E-state index contributed by atoms with van der Waals surface area (Å²) in [6.45, 7) is 2.87. The molecule has 1 aliphatic carbocycles. The van der Waals surface area contributed by atoms with Gasteiger partial charge in [0.2, 0.25) is 0 Å². The summed E-state index contributed by atoms with van der Waals surface area (Å²) in [4.78, 5) is 13.2. The maximum absolute atomic E-state index is 11.0. The molecule has 1 unspecified atom stereocenters. The molecule has 1 aliphatic heterocycles. The molecule has 6 nitrogen and oxygen atoms in total. The van der Waals surface area contributed by atoms with Gasteiger partial charge in [-0.3, -0.25) is 20.2 Å². The van der Waals surface area contributed by atoms with E-state index in [1.165, 1.54) is 5.56 Å². The Morgan fingerprint density at radius 2 is 1.73 bits per heavy atom. The molecule has 1 atom stereocenters. The van der Waals surface area contributed by atoms with E-state index in [1.807, 2.05) is 18.3 Å². The van der Waals surface area contributed by atoms with Crippen molar-refractivity contribution in [1.82, 2.24) is 20.2 Å². The molecule has 0 amide bonds. The van der Waals surface area contributed by atoms with E-state index < -0.39 is 6.35 Å². The van der Waals surface area contributed by atoms with Gasteiger partial charge in [0.15, 0.2) is 6.35 Å². The van der Waals surface area contributed by atoms with E-state index in [4.69, 9.17) is 4.98 Å². The predicted octanol–water partition coefficient (Wildman–Crippen LogP) is 3.91. The molecule has 2 fully saturated rings. The van der Waals surface area contributed by atoms with Crippen molar-refractivity contribution in [1.29, 1.82) is 0 Å². The van der Waals surface area contributed by atoms with Gasteiger partial charge < -0.3 is 10.0 Å². The quantitative estimate of drug-likeness (QED) is 0.638. The smallest absolute Gasteiger partial charge is 0.184 e. The van der Waals surface area contributed by atoms with Gasteiger partial charge in [-0.25, -0.2) is 0 Å². The number of nitrogens with zero attached hydrogens (tertiary/aromatic N) is 4. The van der Waals surface area contributed by atoms with Gasteiger partial charge in [-0.05, 0) is 76.0 Å². The van der Waals surface area contributed by atoms with Crippen molar-refractivity contribution >= 4 is 5.69 Å². The standard InChI is InChI=1S/C27H33N5O/c1-20-17-23(21-9-15-28-16-10-21)29-18-24(20)32-19-26(30-25(32)33)11-13-27(14-12-26,31(2)3)22-7-5-4-6-8-22/h4-10,15-18,25,30,33H,11-14,19H2,1-3H3/t25?,26-,27+. The highest BCUT2D eigenvalue weighted by Gasteiger charge is 2.50. The molecule has 1 aromatic carbocycles. The monoisotopic (exact) mass is 443 g/mol. The Balaban J connectivity index is 1.36. The Bertz CT molecular complexity index is 1090. The summed E-state index contributed by atoms with van der Waals surface area (Å²) in [7, 11) is 4.38. The van der Waals surface area contributed by atoms with Crippen LogP contribution in [0, 0.1) is 6.92 Å². The third kappa shape index (κ3) is 3.92. The van der Waals surface area contributed by atoms with Crippen molar-refractivity contribution < 1.29 is 5.11 Å². The van der Waals surface area contributed by atoms with Gasteiger partial charge in [0, 0.05) is 35.6 Å². The van der Waals surface area contributed by atoms with E-state index in [2.05, 4.69) is 77.5 Å². The molecule has 2 aliphatic rings. The van der Waals surface area contributed by atoms with Crippen molar-refractivity contribution in [2.24, 2.45) is 0 Å². The first-order valence-electron chi connectivity index (χ1n) is 11.7. The molecule has 2 N–H and O–H groups in total. The molecule has 2 aromatic heterocycles.